The van der Waals surface area contributed by atoms with Gasteiger partial charge >= 0.3 is 0 Å². The molecule has 1 aliphatic carbocycles. The van der Waals surface area contributed by atoms with Gasteiger partial charge in [0, 0.05) is 48.9 Å². The van der Waals surface area contributed by atoms with Crippen LogP contribution in [0.3, 0.4) is 0 Å². The number of ether oxygens (including phenoxy) is 1. The third-order valence-corrected chi connectivity index (χ3v) is 5.15. The fourth-order valence-electron chi connectivity index (χ4n) is 4.55. The zero-order valence-corrected chi connectivity index (χ0v) is 10.7. The summed E-state index contributed by atoms with van der Waals surface area (Å²) in [6.07, 6.45) is 6.48. The predicted molar refractivity (Wildman–Crippen MR) is 70.4 cm³/mol. The summed E-state index contributed by atoms with van der Waals surface area (Å²) < 4.78 is 5.79. The van der Waals surface area contributed by atoms with Gasteiger partial charge in [0.1, 0.15) is 0 Å². The maximum Gasteiger partial charge on any atom is 0.0641 e. The Kier molecular flexibility index (Phi) is 2.49. The first-order valence-corrected chi connectivity index (χ1v) is 7.14. The molecule has 4 aliphatic rings. The fraction of sp³-hybridized carbons (Fsp3) is 0.786. The molecule has 0 aromatic carbocycles. The molecule has 4 nitrogen and oxygen atoms in total. The number of hydrogen-bond donors (Lipinski definition) is 1. The van der Waals surface area contributed by atoms with E-state index in [1.165, 1.54) is 5.70 Å². The minimum atomic E-state index is 0.352. The summed E-state index contributed by atoms with van der Waals surface area (Å²) in [6, 6.07) is 1.01. The molecule has 18 heavy (non-hydrogen) atoms. The molecule has 0 amide bonds. The van der Waals surface area contributed by atoms with Gasteiger partial charge in [-0.3, -0.25) is 4.99 Å². The topological polar surface area (TPSA) is 50.9 Å². The molecule has 1 saturated carbocycles. The Labute approximate surface area is 108 Å². The van der Waals surface area contributed by atoms with Crippen LogP contribution < -0.4 is 5.73 Å². The molecule has 3 heterocycles. The second-order valence-electron chi connectivity index (χ2n) is 6.13. The molecule has 4 heteroatoms. The van der Waals surface area contributed by atoms with Crippen molar-refractivity contribution in [2.45, 2.75) is 24.9 Å². The van der Waals surface area contributed by atoms with E-state index >= 15 is 0 Å². The van der Waals surface area contributed by atoms with Crippen LogP contribution in [0.5, 0.6) is 0 Å². The zero-order valence-electron chi connectivity index (χ0n) is 10.7. The third-order valence-electron chi connectivity index (χ3n) is 5.15. The van der Waals surface area contributed by atoms with Gasteiger partial charge < -0.3 is 15.4 Å². The number of allylic oxidation sites excluding steroid dienone is 1. The van der Waals surface area contributed by atoms with E-state index in [1.54, 1.807) is 0 Å². The van der Waals surface area contributed by atoms with Crippen molar-refractivity contribution < 1.29 is 4.74 Å². The number of rotatable bonds is 0. The molecule has 3 aliphatic heterocycles. The van der Waals surface area contributed by atoms with E-state index in [4.69, 9.17) is 10.5 Å². The summed E-state index contributed by atoms with van der Waals surface area (Å²) >= 11 is 0. The van der Waals surface area contributed by atoms with Crippen molar-refractivity contribution in [2.24, 2.45) is 28.5 Å². The smallest absolute Gasteiger partial charge is 0.0641 e. The van der Waals surface area contributed by atoms with Crippen LogP contribution in [0.15, 0.2) is 16.8 Å². The van der Waals surface area contributed by atoms with Gasteiger partial charge in [0.2, 0.25) is 0 Å². The summed E-state index contributed by atoms with van der Waals surface area (Å²) in [5.74, 6) is 1.93. The molecular weight excluding hydrogens is 226 g/mol. The van der Waals surface area contributed by atoms with E-state index in [2.05, 4.69) is 16.0 Å². The SMILES string of the molecule is NC1CC2COCCN3C4=CC=NCC4C(C1)C23. The summed E-state index contributed by atoms with van der Waals surface area (Å²) in [5.41, 5.74) is 7.77. The largest absolute Gasteiger partial charge is 0.379 e. The monoisotopic (exact) mass is 247 g/mol. The number of dihydropyridines is 1. The summed E-state index contributed by atoms with van der Waals surface area (Å²) in [4.78, 5) is 7.09. The van der Waals surface area contributed by atoms with Crippen LogP contribution in [-0.2, 0) is 4.74 Å². The second kappa shape index (κ2) is 4.07. The Morgan fingerprint density at radius 1 is 1.39 bits per heavy atom. The Hall–Kier alpha value is -0.870. The molecule has 0 spiro atoms. The van der Waals surface area contributed by atoms with Gasteiger partial charge in [-0.1, -0.05) is 0 Å². The first-order valence-electron chi connectivity index (χ1n) is 7.14. The standard InChI is InChI=1S/C14H21N3O/c15-10-5-9-8-18-4-3-17-13-1-2-16-7-12(13)11(6-10)14(9)17/h1-2,9-12,14H,3-8,15H2. The third kappa shape index (κ3) is 1.48. The molecule has 0 radical (unpaired) electrons. The molecule has 0 aromatic rings. The average Bonchev–Trinajstić information content (AvgIpc) is 2.55. The molecular formula is C14H21N3O. The molecule has 2 saturated heterocycles. The van der Waals surface area contributed by atoms with Gasteiger partial charge in [-0.2, -0.15) is 0 Å². The minimum Gasteiger partial charge on any atom is -0.379 e. The van der Waals surface area contributed by atoms with Gasteiger partial charge in [-0.05, 0) is 24.8 Å². The van der Waals surface area contributed by atoms with E-state index in [9.17, 15) is 0 Å². The number of nitrogens with zero attached hydrogens (tertiary/aromatic N) is 2. The van der Waals surface area contributed by atoms with Crippen LogP contribution in [0.2, 0.25) is 0 Å². The molecule has 4 rings (SSSR count). The fourth-order valence-corrected chi connectivity index (χ4v) is 4.55. The van der Waals surface area contributed by atoms with Gasteiger partial charge in [0.25, 0.3) is 0 Å². The highest BCUT2D eigenvalue weighted by molar-refractivity contribution is 5.73. The summed E-state index contributed by atoms with van der Waals surface area (Å²) in [6.45, 7) is 3.76. The predicted octanol–water partition coefficient (Wildman–Crippen LogP) is 0.639. The van der Waals surface area contributed by atoms with Gasteiger partial charge in [0.15, 0.2) is 0 Å². The van der Waals surface area contributed by atoms with Gasteiger partial charge in [-0.25, -0.2) is 0 Å². The van der Waals surface area contributed by atoms with Gasteiger partial charge in [0.05, 0.1) is 13.2 Å². The Bertz CT molecular complexity index is 406. The normalized spacial score (nSPS) is 46.2. The molecule has 5 atom stereocenters. The Morgan fingerprint density at radius 3 is 3.28 bits per heavy atom. The van der Waals surface area contributed by atoms with Crippen molar-refractivity contribution in [3.8, 4) is 0 Å². The Morgan fingerprint density at radius 2 is 2.33 bits per heavy atom. The van der Waals surface area contributed by atoms with Crippen molar-refractivity contribution in [3.63, 3.8) is 0 Å². The number of fused-ring (bicyclic) bond motifs is 3. The number of hydrogen-bond acceptors (Lipinski definition) is 4. The minimum absolute atomic E-state index is 0.352. The molecule has 98 valence electrons. The average molecular weight is 247 g/mol. The highest BCUT2D eigenvalue weighted by Crippen LogP contribution is 2.48. The van der Waals surface area contributed by atoms with E-state index in [-0.39, 0.29) is 0 Å². The Balaban J connectivity index is 1.74. The van der Waals surface area contributed by atoms with Crippen LogP contribution >= 0.6 is 0 Å². The van der Waals surface area contributed by atoms with Crippen LogP contribution in [0.4, 0.5) is 0 Å². The lowest BCUT2D eigenvalue weighted by Gasteiger charge is -2.40. The van der Waals surface area contributed by atoms with Crippen molar-refractivity contribution >= 4 is 6.21 Å². The highest BCUT2D eigenvalue weighted by Gasteiger charge is 2.51. The van der Waals surface area contributed by atoms with E-state index in [0.717, 1.165) is 39.1 Å². The van der Waals surface area contributed by atoms with Crippen LogP contribution in [0.1, 0.15) is 12.8 Å². The van der Waals surface area contributed by atoms with E-state index < -0.39 is 0 Å². The first kappa shape index (κ1) is 11.0. The van der Waals surface area contributed by atoms with Crippen molar-refractivity contribution in [1.82, 2.24) is 4.90 Å². The van der Waals surface area contributed by atoms with Crippen molar-refractivity contribution in [1.29, 1.82) is 0 Å². The molecule has 0 bridgehead atoms. The van der Waals surface area contributed by atoms with E-state index in [0.29, 0.717) is 29.8 Å². The van der Waals surface area contributed by atoms with Crippen LogP contribution in [0, 0.1) is 17.8 Å². The summed E-state index contributed by atoms with van der Waals surface area (Å²) in [7, 11) is 0. The molecule has 2 N–H and O–H groups in total. The maximum atomic E-state index is 6.27. The van der Waals surface area contributed by atoms with Crippen LogP contribution in [-0.4, -0.2) is 49.5 Å². The van der Waals surface area contributed by atoms with Crippen LogP contribution in [0.25, 0.3) is 0 Å². The number of nitrogens with two attached hydrogens (primary N) is 1. The molecule has 5 unspecified atom stereocenters. The van der Waals surface area contributed by atoms with Crippen molar-refractivity contribution in [2.75, 3.05) is 26.3 Å². The second-order valence-corrected chi connectivity index (χ2v) is 6.13. The lowest BCUT2D eigenvalue weighted by Crippen LogP contribution is -2.47. The van der Waals surface area contributed by atoms with Gasteiger partial charge in [-0.15, -0.1) is 0 Å². The molecule has 3 fully saturated rings. The molecule has 0 aromatic heterocycles. The summed E-state index contributed by atoms with van der Waals surface area (Å²) in [5, 5.41) is 0. The van der Waals surface area contributed by atoms with Crippen molar-refractivity contribution in [3.05, 3.63) is 11.8 Å². The number of aliphatic imine (C=N–C) groups is 1. The van der Waals surface area contributed by atoms with E-state index in [1.807, 2.05) is 6.21 Å². The highest BCUT2D eigenvalue weighted by atomic mass is 16.5. The lowest BCUT2D eigenvalue weighted by molar-refractivity contribution is 0.0752. The first-order chi connectivity index (χ1) is 8.84. The zero-order chi connectivity index (χ0) is 12.1. The lowest BCUT2D eigenvalue weighted by atomic mass is 9.72. The maximum absolute atomic E-state index is 6.27. The quantitative estimate of drug-likeness (QED) is 0.683.